The molecule has 1 fully saturated rings. The summed E-state index contributed by atoms with van der Waals surface area (Å²) in [5.74, 6) is 1.37. The molecule has 1 aromatic carbocycles. The molecule has 1 aliphatic rings. The molecule has 0 spiro atoms. The van der Waals surface area contributed by atoms with Gasteiger partial charge in [-0.25, -0.2) is 0 Å². The molecule has 1 aliphatic heterocycles. The van der Waals surface area contributed by atoms with Crippen molar-refractivity contribution in [1.82, 2.24) is 4.90 Å². The summed E-state index contributed by atoms with van der Waals surface area (Å²) in [6.45, 7) is 10.9. The first-order valence-electron chi connectivity index (χ1n) is 9.72. The third-order valence-corrected chi connectivity index (χ3v) is 5.13. The van der Waals surface area contributed by atoms with Crippen molar-refractivity contribution in [3.63, 3.8) is 0 Å². The first kappa shape index (κ1) is 20.2. The number of ether oxygens (including phenoxy) is 2. The fourth-order valence-corrected chi connectivity index (χ4v) is 3.65. The van der Waals surface area contributed by atoms with Gasteiger partial charge in [0.1, 0.15) is 12.4 Å². The Kier molecular flexibility index (Phi) is 8.20. The van der Waals surface area contributed by atoms with E-state index in [1.54, 1.807) is 0 Å². The van der Waals surface area contributed by atoms with E-state index in [9.17, 15) is 5.11 Å². The summed E-state index contributed by atoms with van der Waals surface area (Å²) >= 11 is 0. The molecule has 2 rings (SSSR count). The van der Waals surface area contributed by atoms with Gasteiger partial charge in [-0.2, -0.15) is 0 Å². The molecule has 1 aromatic rings. The smallest absolute Gasteiger partial charge is 0.122 e. The molecule has 4 heteroatoms. The van der Waals surface area contributed by atoms with Gasteiger partial charge in [-0.3, -0.25) is 4.90 Å². The van der Waals surface area contributed by atoms with Gasteiger partial charge in [-0.05, 0) is 44.2 Å². The third kappa shape index (κ3) is 6.28. The molecule has 142 valence electrons. The molecule has 0 aliphatic carbocycles. The van der Waals surface area contributed by atoms with Gasteiger partial charge in [0.05, 0.1) is 19.3 Å². The van der Waals surface area contributed by atoms with Crippen LogP contribution in [0.2, 0.25) is 0 Å². The van der Waals surface area contributed by atoms with Crippen molar-refractivity contribution in [2.45, 2.75) is 71.1 Å². The summed E-state index contributed by atoms with van der Waals surface area (Å²) in [6.07, 6.45) is 3.30. The lowest BCUT2D eigenvalue weighted by Crippen LogP contribution is -2.48. The van der Waals surface area contributed by atoms with Gasteiger partial charge in [0.15, 0.2) is 0 Å². The summed E-state index contributed by atoms with van der Waals surface area (Å²) in [7, 11) is 0. The summed E-state index contributed by atoms with van der Waals surface area (Å²) in [5.41, 5.74) is 1.22. The van der Waals surface area contributed by atoms with Crippen molar-refractivity contribution in [2.75, 3.05) is 26.4 Å². The Morgan fingerprint density at radius 2 is 1.80 bits per heavy atom. The van der Waals surface area contributed by atoms with E-state index in [0.29, 0.717) is 44.4 Å². The maximum Gasteiger partial charge on any atom is 0.122 e. The van der Waals surface area contributed by atoms with Crippen LogP contribution in [0.25, 0.3) is 0 Å². The normalized spacial score (nSPS) is 23.0. The fraction of sp³-hybridized carbons (Fsp3) is 0.714. The van der Waals surface area contributed by atoms with Crippen molar-refractivity contribution in [2.24, 2.45) is 0 Å². The quantitative estimate of drug-likeness (QED) is 0.688. The number of likely N-dealkylation sites (tertiary alicyclic amines) is 1. The van der Waals surface area contributed by atoms with Gasteiger partial charge in [0.2, 0.25) is 0 Å². The van der Waals surface area contributed by atoms with Crippen LogP contribution in [0.15, 0.2) is 24.3 Å². The average Bonchev–Trinajstić information content (AvgIpc) is 2.58. The largest absolute Gasteiger partial charge is 0.491 e. The van der Waals surface area contributed by atoms with Crippen LogP contribution in [-0.4, -0.2) is 54.6 Å². The van der Waals surface area contributed by atoms with Crippen molar-refractivity contribution in [1.29, 1.82) is 0 Å². The first-order valence-corrected chi connectivity index (χ1v) is 9.72. The van der Waals surface area contributed by atoms with Crippen LogP contribution >= 0.6 is 0 Å². The van der Waals surface area contributed by atoms with Crippen LogP contribution in [0.3, 0.4) is 0 Å². The Morgan fingerprint density at radius 1 is 1.12 bits per heavy atom. The van der Waals surface area contributed by atoms with Gasteiger partial charge in [0.25, 0.3) is 0 Å². The predicted molar refractivity (Wildman–Crippen MR) is 102 cm³/mol. The number of hydrogen-bond acceptors (Lipinski definition) is 4. The van der Waals surface area contributed by atoms with E-state index < -0.39 is 6.10 Å². The summed E-state index contributed by atoms with van der Waals surface area (Å²) in [6, 6.07) is 9.24. The molecule has 1 saturated heterocycles. The Morgan fingerprint density at radius 3 is 2.48 bits per heavy atom. The molecule has 0 bridgehead atoms. The summed E-state index contributed by atoms with van der Waals surface area (Å²) < 4.78 is 11.5. The highest BCUT2D eigenvalue weighted by Gasteiger charge is 2.26. The molecule has 1 N–H and O–H groups in total. The highest BCUT2D eigenvalue weighted by Crippen LogP contribution is 2.25. The number of aliphatic hydroxyl groups is 1. The number of aliphatic hydroxyl groups excluding tert-OH is 1. The van der Waals surface area contributed by atoms with Crippen LogP contribution in [0, 0.1) is 0 Å². The molecular formula is C21H35NO3. The first-order chi connectivity index (χ1) is 12.0. The molecular weight excluding hydrogens is 314 g/mol. The highest BCUT2D eigenvalue weighted by molar-refractivity contribution is 5.35. The SMILES string of the molecule is CC(C)c1ccccc1OCCOC[C@@H](O)CN1[C@H](C)CCC[C@@H]1C. The molecule has 3 atom stereocenters. The Hall–Kier alpha value is -1.10. The average molecular weight is 350 g/mol. The third-order valence-electron chi connectivity index (χ3n) is 5.13. The molecule has 0 saturated carbocycles. The van der Waals surface area contributed by atoms with Gasteiger partial charge in [0, 0.05) is 18.6 Å². The van der Waals surface area contributed by atoms with E-state index in [2.05, 4.69) is 38.7 Å². The van der Waals surface area contributed by atoms with Crippen molar-refractivity contribution < 1.29 is 14.6 Å². The van der Waals surface area contributed by atoms with E-state index in [1.165, 1.54) is 24.8 Å². The molecule has 0 aromatic heterocycles. The maximum atomic E-state index is 10.3. The summed E-state index contributed by atoms with van der Waals surface area (Å²) in [5, 5.41) is 10.3. The second-order valence-electron chi connectivity index (χ2n) is 7.60. The van der Waals surface area contributed by atoms with Crippen molar-refractivity contribution in [3.8, 4) is 5.75 Å². The van der Waals surface area contributed by atoms with Gasteiger partial charge >= 0.3 is 0 Å². The number of rotatable bonds is 9. The van der Waals surface area contributed by atoms with Crippen LogP contribution in [0.1, 0.15) is 58.4 Å². The van der Waals surface area contributed by atoms with Gasteiger partial charge in [-0.1, -0.05) is 38.5 Å². The lowest BCUT2D eigenvalue weighted by atomic mass is 9.97. The molecule has 0 unspecified atom stereocenters. The number of para-hydroxylation sites is 1. The van der Waals surface area contributed by atoms with Crippen LogP contribution < -0.4 is 4.74 Å². The van der Waals surface area contributed by atoms with Gasteiger partial charge < -0.3 is 14.6 Å². The van der Waals surface area contributed by atoms with Crippen molar-refractivity contribution >= 4 is 0 Å². The minimum atomic E-state index is -0.439. The number of β-amino-alcohol motifs (C(OH)–C–C–N with tert-alkyl or cyclic N) is 1. The minimum Gasteiger partial charge on any atom is -0.491 e. The second kappa shape index (κ2) is 10.1. The van der Waals surface area contributed by atoms with E-state index in [4.69, 9.17) is 9.47 Å². The molecule has 1 heterocycles. The monoisotopic (exact) mass is 349 g/mol. The van der Waals surface area contributed by atoms with Crippen LogP contribution in [0.5, 0.6) is 5.75 Å². The van der Waals surface area contributed by atoms with E-state index in [0.717, 1.165) is 5.75 Å². The van der Waals surface area contributed by atoms with Crippen LogP contribution in [-0.2, 0) is 4.74 Å². The molecule has 0 amide bonds. The lowest BCUT2D eigenvalue weighted by molar-refractivity contribution is -0.0141. The van der Waals surface area contributed by atoms with E-state index in [1.807, 2.05) is 18.2 Å². The minimum absolute atomic E-state index is 0.366. The fourth-order valence-electron chi connectivity index (χ4n) is 3.65. The van der Waals surface area contributed by atoms with Crippen LogP contribution in [0.4, 0.5) is 0 Å². The number of nitrogens with zero attached hydrogens (tertiary/aromatic N) is 1. The topological polar surface area (TPSA) is 41.9 Å². The zero-order valence-electron chi connectivity index (χ0n) is 16.3. The number of piperidine rings is 1. The molecule has 0 radical (unpaired) electrons. The Balaban J connectivity index is 1.66. The molecule has 4 nitrogen and oxygen atoms in total. The van der Waals surface area contributed by atoms with E-state index >= 15 is 0 Å². The summed E-state index contributed by atoms with van der Waals surface area (Å²) in [4.78, 5) is 2.41. The van der Waals surface area contributed by atoms with E-state index in [-0.39, 0.29) is 0 Å². The second-order valence-corrected chi connectivity index (χ2v) is 7.60. The number of benzene rings is 1. The zero-order valence-corrected chi connectivity index (χ0v) is 16.3. The lowest BCUT2D eigenvalue weighted by Gasteiger charge is -2.40. The Bertz CT molecular complexity index is 496. The molecule has 25 heavy (non-hydrogen) atoms. The predicted octanol–water partition coefficient (Wildman–Crippen LogP) is 3.83. The van der Waals surface area contributed by atoms with Crippen molar-refractivity contribution in [3.05, 3.63) is 29.8 Å². The van der Waals surface area contributed by atoms with Gasteiger partial charge in [-0.15, -0.1) is 0 Å². The Labute approximate surface area is 153 Å². The standard InChI is InChI=1S/C21H35NO3/c1-16(2)20-10-5-6-11-21(20)25-13-12-24-15-19(23)14-22-17(3)8-7-9-18(22)4/h5-6,10-11,16-19,23H,7-9,12-15H2,1-4H3/t17-,18+,19-/m0/s1. The zero-order chi connectivity index (χ0) is 18.2. The number of hydrogen-bond donors (Lipinski definition) is 1. The highest BCUT2D eigenvalue weighted by atomic mass is 16.5. The maximum absolute atomic E-state index is 10.3.